The first kappa shape index (κ1) is 12.7. The highest BCUT2D eigenvalue weighted by molar-refractivity contribution is 5.88. The lowest BCUT2D eigenvalue weighted by molar-refractivity contribution is -0.114. The second kappa shape index (κ2) is 7.13. The van der Waals surface area contributed by atoms with E-state index in [1.165, 1.54) is 13.3 Å². The highest BCUT2D eigenvalue weighted by Gasteiger charge is 1.93. The van der Waals surface area contributed by atoms with Gasteiger partial charge in [0.05, 0.1) is 0 Å². The molecular weight excluding hydrogens is 174 g/mol. The Morgan fingerprint density at radius 2 is 2.00 bits per heavy atom. The molecule has 0 spiro atoms. The minimum absolute atomic E-state index is 0. The van der Waals surface area contributed by atoms with Gasteiger partial charge in [-0.15, -0.1) is 0 Å². The maximum atomic E-state index is 10.6. The van der Waals surface area contributed by atoms with E-state index < -0.39 is 0 Å². The molecule has 0 saturated carbocycles. The lowest BCUT2D eigenvalue weighted by Gasteiger charge is -2.01. The molecule has 2 nitrogen and oxygen atoms in total. The van der Waals surface area contributed by atoms with Gasteiger partial charge in [0, 0.05) is 14.0 Å². The predicted molar refractivity (Wildman–Crippen MR) is 63.6 cm³/mol. The molecule has 2 heteroatoms. The van der Waals surface area contributed by atoms with E-state index in [2.05, 4.69) is 19.2 Å². The fourth-order valence-corrected chi connectivity index (χ4v) is 0.926. The summed E-state index contributed by atoms with van der Waals surface area (Å²) in [4.78, 5) is 10.6. The van der Waals surface area contributed by atoms with Gasteiger partial charge in [-0.2, -0.15) is 0 Å². The monoisotopic (exact) mass is 195 g/mol. The van der Waals surface area contributed by atoms with Crippen molar-refractivity contribution in [3.05, 3.63) is 29.8 Å². The van der Waals surface area contributed by atoms with Crippen LogP contribution in [0.3, 0.4) is 0 Å². The van der Waals surface area contributed by atoms with Crippen molar-refractivity contribution in [2.45, 2.75) is 34.1 Å². The highest BCUT2D eigenvalue weighted by Crippen LogP contribution is 2.08. The van der Waals surface area contributed by atoms with Crippen LogP contribution >= 0.6 is 0 Å². The van der Waals surface area contributed by atoms with Crippen molar-refractivity contribution in [1.29, 1.82) is 0 Å². The molecule has 0 saturated heterocycles. The number of hydrogen-bond donors (Lipinski definition) is 1. The Bertz CT molecular complexity index is 287. The van der Waals surface area contributed by atoms with Crippen LogP contribution in [0.1, 0.15) is 34.2 Å². The maximum absolute atomic E-state index is 10.6. The van der Waals surface area contributed by atoms with Crippen molar-refractivity contribution in [2.24, 2.45) is 0 Å². The van der Waals surface area contributed by atoms with E-state index >= 15 is 0 Å². The van der Waals surface area contributed by atoms with Crippen LogP contribution in [0.2, 0.25) is 0 Å². The number of hydrogen-bond acceptors (Lipinski definition) is 1. The number of amides is 1. The summed E-state index contributed by atoms with van der Waals surface area (Å²) in [7, 11) is 0. The van der Waals surface area contributed by atoms with Crippen LogP contribution in [0.15, 0.2) is 24.3 Å². The molecule has 1 N–H and O–H groups in total. The van der Waals surface area contributed by atoms with Crippen LogP contribution in [0.25, 0.3) is 0 Å². The quantitative estimate of drug-likeness (QED) is 0.728. The number of aryl methyl sites for hydroxylation is 1. The molecule has 0 aliphatic carbocycles. The number of carbonyl (C=O) groups is 1. The van der Waals surface area contributed by atoms with E-state index in [4.69, 9.17) is 0 Å². The van der Waals surface area contributed by atoms with Crippen LogP contribution in [-0.2, 0) is 4.79 Å². The summed E-state index contributed by atoms with van der Waals surface area (Å²) in [5.41, 5.74) is 2.01. The smallest absolute Gasteiger partial charge is 0.221 e. The summed E-state index contributed by atoms with van der Waals surface area (Å²) in [6.07, 6.45) is 1.25. The molecule has 14 heavy (non-hydrogen) atoms. The number of carbonyl (C=O) groups excluding carboxylic acids is 1. The predicted octanol–water partition coefficient (Wildman–Crippen LogP) is 3.62. The summed E-state index contributed by atoms with van der Waals surface area (Å²) in [5.74, 6) is -0.0319. The van der Waals surface area contributed by atoms with Gasteiger partial charge in [-0.3, -0.25) is 4.79 Å². The SMILES string of the molecule is CC(=O)Nc1cccc(C)c1.CCC.[HH]. The number of benzene rings is 1. The second-order valence-electron chi connectivity index (χ2n) is 3.26. The first-order valence-electron chi connectivity index (χ1n) is 4.94. The summed E-state index contributed by atoms with van der Waals surface area (Å²) < 4.78 is 0. The van der Waals surface area contributed by atoms with Crippen LogP contribution in [0, 0.1) is 6.92 Å². The average molecular weight is 195 g/mol. The molecular formula is C12H21NO. The molecule has 0 radical (unpaired) electrons. The van der Waals surface area contributed by atoms with Gasteiger partial charge in [-0.05, 0) is 24.6 Å². The Kier molecular flexibility index (Phi) is 6.46. The minimum Gasteiger partial charge on any atom is -0.326 e. The van der Waals surface area contributed by atoms with E-state index in [1.807, 2.05) is 31.2 Å². The zero-order valence-corrected chi connectivity index (χ0v) is 9.42. The average Bonchev–Trinajstić information content (AvgIpc) is 2.03. The standard InChI is InChI=1S/C9H11NO.C3H8.H2/c1-7-4-3-5-9(6-7)10-8(2)11;1-3-2;/h3-6H,1-2H3,(H,10,11);3H2,1-2H3;1H. The fourth-order valence-electron chi connectivity index (χ4n) is 0.926. The molecule has 0 aliphatic rings. The number of anilines is 1. The van der Waals surface area contributed by atoms with Crippen molar-refractivity contribution < 1.29 is 6.22 Å². The maximum Gasteiger partial charge on any atom is 0.221 e. The lowest BCUT2D eigenvalue weighted by Crippen LogP contribution is -2.05. The second-order valence-corrected chi connectivity index (χ2v) is 3.26. The van der Waals surface area contributed by atoms with Gasteiger partial charge in [0.15, 0.2) is 0 Å². The van der Waals surface area contributed by atoms with E-state index in [1.54, 1.807) is 0 Å². The number of rotatable bonds is 1. The van der Waals surface area contributed by atoms with Crippen molar-refractivity contribution in [3.63, 3.8) is 0 Å². The third-order valence-corrected chi connectivity index (χ3v) is 1.34. The first-order valence-corrected chi connectivity index (χ1v) is 4.94. The molecule has 80 valence electrons. The molecule has 1 aromatic rings. The molecule has 0 aromatic heterocycles. The summed E-state index contributed by atoms with van der Waals surface area (Å²) in [6.45, 7) is 7.74. The van der Waals surface area contributed by atoms with Gasteiger partial charge < -0.3 is 5.32 Å². The Balaban J connectivity index is 0. The third-order valence-electron chi connectivity index (χ3n) is 1.34. The van der Waals surface area contributed by atoms with E-state index in [9.17, 15) is 4.79 Å². The summed E-state index contributed by atoms with van der Waals surface area (Å²) >= 11 is 0. The molecule has 0 aliphatic heterocycles. The zero-order chi connectivity index (χ0) is 11.0. The van der Waals surface area contributed by atoms with Crippen molar-refractivity contribution in [3.8, 4) is 0 Å². The molecule has 0 bridgehead atoms. The molecule has 0 atom stereocenters. The van der Waals surface area contributed by atoms with Gasteiger partial charge in [0.1, 0.15) is 0 Å². The van der Waals surface area contributed by atoms with Gasteiger partial charge in [-0.25, -0.2) is 0 Å². The Morgan fingerprint density at radius 1 is 1.43 bits per heavy atom. The Labute approximate surface area is 87.8 Å². The van der Waals surface area contributed by atoms with Gasteiger partial charge in [0.2, 0.25) is 5.91 Å². The van der Waals surface area contributed by atoms with Crippen LogP contribution in [0.4, 0.5) is 5.69 Å². The van der Waals surface area contributed by atoms with Crippen LogP contribution in [0.5, 0.6) is 0 Å². The third kappa shape index (κ3) is 6.23. The normalized spacial score (nSPS) is 8.57. The van der Waals surface area contributed by atoms with Gasteiger partial charge in [0.25, 0.3) is 0 Å². The summed E-state index contributed by atoms with van der Waals surface area (Å²) in [5, 5.41) is 2.71. The Morgan fingerprint density at radius 3 is 2.43 bits per heavy atom. The van der Waals surface area contributed by atoms with Crippen LogP contribution in [-0.4, -0.2) is 5.91 Å². The van der Waals surface area contributed by atoms with Gasteiger partial charge >= 0.3 is 0 Å². The molecule has 0 unspecified atom stereocenters. The molecule has 0 heterocycles. The zero-order valence-electron chi connectivity index (χ0n) is 9.42. The lowest BCUT2D eigenvalue weighted by atomic mass is 10.2. The molecule has 1 aromatic carbocycles. The number of nitrogens with one attached hydrogen (secondary N) is 1. The fraction of sp³-hybridized carbons (Fsp3) is 0.417. The molecule has 1 rings (SSSR count). The highest BCUT2D eigenvalue weighted by atomic mass is 16.1. The van der Waals surface area contributed by atoms with E-state index in [0.29, 0.717) is 0 Å². The van der Waals surface area contributed by atoms with E-state index in [-0.39, 0.29) is 7.33 Å². The summed E-state index contributed by atoms with van der Waals surface area (Å²) in [6, 6.07) is 7.71. The first-order chi connectivity index (χ1) is 6.60. The largest absolute Gasteiger partial charge is 0.326 e. The van der Waals surface area contributed by atoms with Crippen LogP contribution < -0.4 is 5.32 Å². The van der Waals surface area contributed by atoms with Gasteiger partial charge in [-0.1, -0.05) is 32.4 Å². The van der Waals surface area contributed by atoms with Crippen molar-refractivity contribution >= 4 is 11.6 Å². The van der Waals surface area contributed by atoms with E-state index in [0.717, 1.165) is 11.3 Å². The van der Waals surface area contributed by atoms with Crippen molar-refractivity contribution in [1.82, 2.24) is 0 Å². The topological polar surface area (TPSA) is 29.1 Å². The minimum atomic E-state index is -0.0319. The van der Waals surface area contributed by atoms with Crippen molar-refractivity contribution in [2.75, 3.05) is 5.32 Å². The molecule has 1 amide bonds. The molecule has 0 fully saturated rings. The Hall–Kier alpha value is -1.31.